The summed E-state index contributed by atoms with van der Waals surface area (Å²) in [6.07, 6.45) is 2.92. The minimum absolute atomic E-state index is 0.187. The number of ether oxygens (including phenoxy) is 1. The van der Waals surface area contributed by atoms with Crippen LogP contribution in [-0.2, 0) is 17.9 Å². The van der Waals surface area contributed by atoms with E-state index < -0.39 is 0 Å². The summed E-state index contributed by atoms with van der Waals surface area (Å²) in [4.78, 5) is 6.74. The first-order valence-electron chi connectivity index (χ1n) is 7.59. The second-order valence-electron chi connectivity index (χ2n) is 6.03. The Morgan fingerprint density at radius 2 is 2.32 bits per heavy atom. The van der Waals surface area contributed by atoms with Gasteiger partial charge in [0.2, 0.25) is 0 Å². The Morgan fingerprint density at radius 1 is 1.41 bits per heavy atom. The fourth-order valence-electron chi connectivity index (χ4n) is 3.32. The van der Waals surface area contributed by atoms with Crippen molar-refractivity contribution in [3.63, 3.8) is 0 Å². The smallest absolute Gasteiger partial charge is 0.138 e. The first-order chi connectivity index (χ1) is 10.7. The van der Waals surface area contributed by atoms with Crippen LogP contribution in [0.15, 0.2) is 18.3 Å². The second kappa shape index (κ2) is 5.33. The number of hydrogen-bond donors (Lipinski definition) is 1. The maximum Gasteiger partial charge on any atom is 0.138 e. The third kappa shape index (κ3) is 2.36. The third-order valence-corrected chi connectivity index (χ3v) is 4.48. The average molecular weight is 301 g/mol. The van der Waals surface area contributed by atoms with E-state index in [1.54, 1.807) is 12.3 Å². The molecule has 2 aromatic rings. The van der Waals surface area contributed by atoms with E-state index in [0.717, 1.165) is 36.6 Å². The zero-order valence-corrected chi connectivity index (χ0v) is 12.5. The maximum absolute atomic E-state index is 9.98. The van der Waals surface area contributed by atoms with Gasteiger partial charge >= 0.3 is 0 Å². The van der Waals surface area contributed by atoms with Gasteiger partial charge in [0.1, 0.15) is 5.75 Å². The van der Waals surface area contributed by atoms with Crippen molar-refractivity contribution in [2.75, 3.05) is 13.1 Å². The van der Waals surface area contributed by atoms with Crippen molar-refractivity contribution in [1.82, 2.24) is 24.9 Å². The van der Waals surface area contributed by atoms with Crippen LogP contribution >= 0.6 is 0 Å². The summed E-state index contributed by atoms with van der Waals surface area (Å²) in [5.41, 5.74) is 2.68. The van der Waals surface area contributed by atoms with E-state index in [1.165, 1.54) is 0 Å². The lowest BCUT2D eigenvalue weighted by molar-refractivity contribution is -0.0672. The first-order valence-corrected chi connectivity index (χ1v) is 7.59. The average Bonchev–Trinajstić information content (AvgIpc) is 3.00. The van der Waals surface area contributed by atoms with Crippen LogP contribution < -0.4 is 0 Å². The molecule has 22 heavy (non-hydrogen) atoms. The van der Waals surface area contributed by atoms with Gasteiger partial charge in [-0.05, 0) is 25.5 Å². The highest BCUT2D eigenvalue weighted by atomic mass is 16.5. The Balaban J connectivity index is 1.53. The van der Waals surface area contributed by atoms with E-state index in [4.69, 9.17) is 4.74 Å². The summed E-state index contributed by atoms with van der Waals surface area (Å²) in [6.45, 7) is 4.93. The predicted molar refractivity (Wildman–Crippen MR) is 78.2 cm³/mol. The molecule has 1 fully saturated rings. The lowest BCUT2D eigenvalue weighted by Gasteiger charge is -2.40. The van der Waals surface area contributed by atoms with Crippen molar-refractivity contribution in [2.24, 2.45) is 0 Å². The van der Waals surface area contributed by atoms with Gasteiger partial charge in [-0.15, -0.1) is 5.10 Å². The van der Waals surface area contributed by atoms with Crippen molar-refractivity contribution >= 4 is 0 Å². The normalized spacial score (nSPS) is 24.8. The van der Waals surface area contributed by atoms with Crippen molar-refractivity contribution in [1.29, 1.82) is 0 Å². The van der Waals surface area contributed by atoms with Gasteiger partial charge in [0.15, 0.2) is 0 Å². The predicted octanol–water partition coefficient (Wildman–Crippen LogP) is 1.03. The van der Waals surface area contributed by atoms with E-state index in [2.05, 4.69) is 20.2 Å². The number of aromatic hydroxyl groups is 1. The van der Waals surface area contributed by atoms with Gasteiger partial charge in [-0.1, -0.05) is 5.21 Å². The number of fused-ring (bicyclic) bond motifs is 3. The summed E-state index contributed by atoms with van der Waals surface area (Å²) in [5, 5.41) is 18.2. The summed E-state index contributed by atoms with van der Waals surface area (Å²) in [7, 11) is 0. The molecule has 2 aromatic heterocycles. The van der Waals surface area contributed by atoms with Crippen molar-refractivity contribution in [3.8, 4) is 5.75 Å². The molecule has 0 unspecified atom stereocenters. The minimum atomic E-state index is 0.187. The molecule has 7 heteroatoms. The monoisotopic (exact) mass is 301 g/mol. The van der Waals surface area contributed by atoms with Crippen molar-refractivity contribution in [2.45, 2.75) is 38.6 Å². The fraction of sp³-hybridized carbons (Fsp3) is 0.533. The van der Waals surface area contributed by atoms with Gasteiger partial charge < -0.3 is 9.84 Å². The third-order valence-electron chi connectivity index (χ3n) is 4.48. The zero-order valence-electron chi connectivity index (χ0n) is 12.5. The molecule has 4 rings (SSSR count). The van der Waals surface area contributed by atoms with Crippen LogP contribution in [0.25, 0.3) is 0 Å². The van der Waals surface area contributed by atoms with Gasteiger partial charge in [0, 0.05) is 25.3 Å². The van der Waals surface area contributed by atoms with E-state index in [-0.39, 0.29) is 17.9 Å². The number of piperidine rings is 1. The topological polar surface area (TPSA) is 76.3 Å². The zero-order chi connectivity index (χ0) is 15.1. The van der Waals surface area contributed by atoms with Gasteiger partial charge in [-0.3, -0.25) is 9.88 Å². The Bertz CT molecular complexity index is 686. The van der Waals surface area contributed by atoms with E-state index in [9.17, 15) is 5.11 Å². The molecule has 2 aliphatic heterocycles. The number of nitrogens with zero attached hydrogens (tertiary/aromatic N) is 5. The summed E-state index contributed by atoms with van der Waals surface area (Å²) >= 11 is 0. The SMILES string of the molecule is Cc1ccc(O)c(CN2CC[C@H]3OCc4cnnn4[C@@H]3C2)n1. The van der Waals surface area contributed by atoms with Crippen LogP contribution in [0.3, 0.4) is 0 Å². The quantitative estimate of drug-likeness (QED) is 0.893. The number of aryl methyl sites for hydroxylation is 1. The first kappa shape index (κ1) is 13.7. The fourth-order valence-corrected chi connectivity index (χ4v) is 3.32. The Morgan fingerprint density at radius 3 is 3.23 bits per heavy atom. The molecule has 0 amide bonds. The summed E-state index contributed by atoms with van der Waals surface area (Å²) in [6, 6.07) is 3.72. The molecule has 2 atom stereocenters. The van der Waals surface area contributed by atoms with Gasteiger partial charge in [0.05, 0.1) is 36.3 Å². The number of rotatable bonds is 2. The minimum Gasteiger partial charge on any atom is -0.506 e. The molecule has 0 saturated carbocycles. The van der Waals surface area contributed by atoms with Crippen LogP contribution in [0.5, 0.6) is 5.75 Å². The molecule has 0 aromatic carbocycles. The molecule has 0 bridgehead atoms. The Hall–Kier alpha value is -1.99. The number of hydrogen-bond acceptors (Lipinski definition) is 6. The largest absolute Gasteiger partial charge is 0.506 e. The van der Waals surface area contributed by atoms with E-state index >= 15 is 0 Å². The number of aromatic nitrogens is 4. The molecule has 2 aliphatic rings. The van der Waals surface area contributed by atoms with Crippen LogP contribution in [0.2, 0.25) is 0 Å². The Labute approximate surface area is 128 Å². The molecule has 116 valence electrons. The van der Waals surface area contributed by atoms with Gasteiger partial charge in [-0.2, -0.15) is 0 Å². The molecule has 0 radical (unpaired) electrons. The van der Waals surface area contributed by atoms with E-state index in [0.29, 0.717) is 13.2 Å². The summed E-state index contributed by atoms with van der Waals surface area (Å²) < 4.78 is 7.91. The van der Waals surface area contributed by atoms with Gasteiger partial charge in [0.25, 0.3) is 0 Å². The molecular weight excluding hydrogens is 282 g/mol. The standard InChI is InChI=1S/C15H19N5O2/c1-10-2-3-14(21)12(17-10)7-19-5-4-15-13(8-19)20-11(9-22-15)6-16-18-20/h2-3,6,13,15,21H,4-5,7-9H2,1H3/t13-,15-/m1/s1. The van der Waals surface area contributed by atoms with Gasteiger partial charge in [-0.25, -0.2) is 4.68 Å². The molecule has 1 saturated heterocycles. The highest BCUT2D eigenvalue weighted by Gasteiger charge is 2.36. The Kier molecular flexibility index (Phi) is 3.31. The molecule has 1 N–H and O–H groups in total. The maximum atomic E-state index is 9.98. The van der Waals surface area contributed by atoms with Crippen LogP contribution in [0.1, 0.15) is 29.5 Å². The highest BCUT2D eigenvalue weighted by Crippen LogP contribution is 2.31. The number of pyridine rings is 1. The van der Waals surface area contributed by atoms with Crippen LogP contribution in [-0.4, -0.2) is 49.2 Å². The molecule has 0 aliphatic carbocycles. The van der Waals surface area contributed by atoms with Crippen molar-refractivity contribution < 1.29 is 9.84 Å². The van der Waals surface area contributed by atoms with Crippen LogP contribution in [0, 0.1) is 6.92 Å². The van der Waals surface area contributed by atoms with Crippen LogP contribution in [0.4, 0.5) is 0 Å². The lowest BCUT2D eigenvalue weighted by Crippen LogP contribution is -2.47. The van der Waals surface area contributed by atoms with Crippen molar-refractivity contribution in [3.05, 3.63) is 35.4 Å². The summed E-state index contributed by atoms with van der Waals surface area (Å²) in [5.74, 6) is 0.258. The molecule has 7 nitrogen and oxygen atoms in total. The van der Waals surface area contributed by atoms with E-state index in [1.807, 2.05) is 17.7 Å². The molecule has 0 spiro atoms. The highest BCUT2D eigenvalue weighted by molar-refractivity contribution is 5.27. The molecular formula is C15H19N5O2. The lowest BCUT2D eigenvalue weighted by atomic mass is 10.00. The molecule has 4 heterocycles. The number of likely N-dealkylation sites (tertiary alicyclic amines) is 1. The second-order valence-corrected chi connectivity index (χ2v) is 6.03.